The number of Topliss-reactive ketones (excluding diaryl/α,β-unsaturated/α-hetero) is 1. The lowest BCUT2D eigenvalue weighted by molar-refractivity contribution is -0.159. The van der Waals surface area contributed by atoms with Gasteiger partial charge in [0.25, 0.3) is 0 Å². The molecule has 0 radical (unpaired) electrons. The summed E-state index contributed by atoms with van der Waals surface area (Å²) in [5.74, 6) is -0.861. The average molecular weight is 378 g/mol. The lowest BCUT2D eigenvalue weighted by Crippen LogP contribution is -2.11. The molecule has 0 aliphatic rings. The fraction of sp³-hybridized carbons (Fsp3) is 0.167. The van der Waals surface area contributed by atoms with Crippen molar-refractivity contribution in [2.45, 2.75) is 6.18 Å². The van der Waals surface area contributed by atoms with E-state index < -0.39 is 12.1 Å². The van der Waals surface area contributed by atoms with Crippen molar-refractivity contribution in [3.63, 3.8) is 0 Å². The second-order valence-corrected chi connectivity index (χ2v) is 5.39. The largest absolute Gasteiger partial charge is 0.497 e. The van der Waals surface area contributed by atoms with E-state index in [1.807, 2.05) is 0 Å². The van der Waals surface area contributed by atoms with Crippen LogP contribution in [0.2, 0.25) is 0 Å². The van der Waals surface area contributed by atoms with E-state index >= 15 is 0 Å². The zero-order chi connectivity index (χ0) is 19.4. The number of methoxy groups -OCH3 is 1. The zero-order valence-electron chi connectivity index (χ0n) is 14.0. The van der Waals surface area contributed by atoms with Crippen molar-refractivity contribution in [1.82, 2.24) is 10.1 Å². The number of hydrogen-bond acceptors (Lipinski definition) is 6. The fourth-order valence-electron chi connectivity index (χ4n) is 2.18. The van der Waals surface area contributed by atoms with E-state index in [0.717, 1.165) is 0 Å². The van der Waals surface area contributed by atoms with E-state index in [1.54, 1.807) is 24.3 Å². The summed E-state index contributed by atoms with van der Waals surface area (Å²) in [6.45, 7) is -0.201. The lowest BCUT2D eigenvalue weighted by atomic mass is 10.1. The van der Waals surface area contributed by atoms with E-state index in [4.69, 9.17) is 9.47 Å². The second kappa shape index (κ2) is 7.48. The summed E-state index contributed by atoms with van der Waals surface area (Å²) in [5, 5.41) is 3.29. The number of carbonyl (C=O) groups excluding carboxylic acids is 1. The molecule has 0 amide bonds. The standard InChI is InChI=1S/C18H13F3N2O4/c1-25-13-3-2-4-14(9-13)26-10-15(24)11-5-7-12(8-6-11)16-22-17(27-23-16)18(19,20)21/h2-9H,10H2,1H3. The summed E-state index contributed by atoms with van der Waals surface area (Å²) in [5.41, 5.74) is 0.626. The molecule has 0 unspecified atom stereocenters. The molecular weight excluding hydrogens is 365 g/mol. The van der Waals surface area contributed by atoms with Crippen molar-refractivity contribution in [3.8, 4) is 22.9 Å². The van der Waals surface area contributed by atoms with E-state index in [-0.39, 0.29) is 18.2 Å². The van der Waals surface area contributed by atoms with Gasteiger partial charge < -0.3 is 14.0 Å². The Kier molecular flexibility index (Phi) is 5.11. The predicted octanol–water partition coefficient (Wildman–Crippen LogP) is 4.03. The summed E-state index contributed by atoms with van der Waals surface area (Å²) in [6, 6.07) is 12.6. The summed E-state index contributed by atoms with van der Waals surface area (Å²) in [6.07, 6.45) is -4.71. The van der Waals surface area contributed by atoms with E-state index in [9.17, 15) is 18.0 Å². The highest BCUT2D eigenvalue weighted by molar-refractivity contribution is 5.97. The Balaban J connectivity index is 1.66. The van der Waals surface area contributed by atoms with Gasteiger partial charge in [0.2, 0.25) is 5.82 Å². The number of ether oxygens (including phenoxy) is 2. The maximum atomic E-state index is 12.5. The van der Waals surface area contributed by atoms with Crippen molar-refractivity contribution in [1.29, 1.82) is 0 Å². The third-order valence-electron chi connectivity index (χ3n) is 3.54. The molecule has 1 heterocycles. The minimum Gasteiger partial charge on any atom is -0.497 e. The first kappa shape index (κ1) is 18.4. The topological polar surface area (TPSA) is 74.5 Å². The van der Waals surface area contributed by atoms with Gasteiger partial charge in [-0.2, -0.15) is 18.2 Å². The molecule has 0 aliphatic carbocycles. The molecule has 0 saturated carbocycles. The maximum absolute atomic E-state index is 12.5. The third-order valence-corrected chi connectivity index (χ3v) is 3.54. The highest BCUT2D eigenvalue weighted by Gasteiger charge is 2.38. The van der Waals surface area contributed by atoms with Crippen LogP contribution < -0.4 is 9.47 Å². The van der Waals surface area contributed by atoms with Gasteiger partial charge in [-0.25, -0.2) is 0 Å². The number of carbonyl (C=O) groups is 1. The summed E-state index contributed by atoms with van der Waals surface area (Å²) in [7, 11) is 1.52. The molecule has 3 rings (SSSR count). The number of aromatic nitrogens is 2. The quantitative estimate of drug-likeness (QED) is 0.603. The van der Waals surface area contributed by atoms with Crippen molar-refractivity contribution in [3.05, 3.63) is 60.0 Å². The molecule has 0 aliphatic heterocycles. The smallest absolute Gasteiger partial charge is 0.471 e. The minimum atomic E-state index is -4.71. The molecule has 0 bridgehead atoms. The van der Waals surface area contributed by atoms with Gasteiger partial charge in [0.05, 0.1) is 7.11 Å². The van der Waals surface area contributed by atoms with Gasteiger partial charge in [-0.05, 0) is 12.1 Å². The molecule has 0 N–H and O–H groups in total. The van der Waals surface area contributed by atoms with Crippen molar-refractivity contribution < 1.29 is 32.0 Å². The monoisotopic (exact) mass is 378 g/mol. The molecule has 27 heavy (non-hydrogen) atoms. The molecule has 2 aromatic carbocycles. The van der Waals surface area contributed by atoms with Crippen LogP contribution in [0.1, 0.15) is 16.2 Å². The number of alkyl halides is 3. The highest BCUT2D eigenvalue weighted by Crippen LogP contribution is 2.29. The Hall–Kier alpha value is -3.36. The average Bonchev–Trinajstić information content (AvgIpc) is 3.17. The molecule has 0 saturated heterocycles. The fourth-order valence-corrected chi connectivity index (χ4v) is 2.18. The molecule has 0 spiro atoms. The summed E-state index contributed by atoms with van der Waals surface area (Å²) < 4.78 is 52.2. The molecule has 3 aromatic rings. The first-order valence-electron chi connectivity index (χ1n) is 7.68. The third kappa shape index (κ3) is 4.43. The Bertz CT molecular complexity index is 936. The van der Waals surface area contributed by atoms with Gasteiger partial charge in [0.1, 0.15) is 11.5 Å². The molecule has 0 atom stereocenters. The number of ketones is 1. The van der Waals surface area contributed by atoms with Crippen LogP contribution in [0.4, 0.5) is 13.2 Å². The van der Waals surface area contributed by atoms with Crippen LogP contribution in [-0.4, -0.2) is 29.6 Å². The van der Waals surface area contributed by atoms with Crippen LogP contribution in [0.5, 0.6) is 11.5 Å². The van der Waals surface area contributed by atoms with Gasteiger partial charge in [-0.1, -0.05) is 35.5 Å². The van der Waals surface area contributed by atoms with E-state index in [1.165, 1.54) is 31.4 Å². The van der Waals surface area contributed by atoms with Crippen LogP contribution in [0.15, 0.2) is 53.1 Å². The number of rotatable bonds is 6. The SMILES string of the molecule is COc1cccc(OCC(=O)c2ccc(-c3noc(C(F)(F)F)n3)cc2)c1. The van der Waals surface area contributed by atoms with Crippen LogP contribution in [-0.2, 0) is 6.18 Å². The molecule has 6 nitrogen and oxygen atoms in total. The lowest BCUT2D eigenvalue weighted by Gasteiger charge is -2.07. The normalized spacial score (nSPS) is 11.3. The molecular formula is C18H13F3N2O4. The Morgan fingerprint density at radius 3 is 2.44 bits per heavy atom. The molecule has 0 fully saturated rings. The van der Waals surface area contributed by atoms with Crippen molar-refractivity contribution >= 4 is 5.78 Å². The number of halogens is 3. The summed E-state index contributed by atoms with van der Waals surface area (Å²) >= 11 is 0. The molecule has 1 aromatic heterocycles. The summed E-state index contributed by atoms with van der Waals surface area (Å²) in [4.78, 5) is 15.5. The van der Waals surface area contributed by atoms with Gasteiger partial charge in [-0.15, -0.1) is 0 Å². The Morgan fingerprint density at radius 2 is 1.81 bits per heavy atom. The number of hydrogen-bond donors (Lipinski definition) is 0. The maximum Gasteiger partial charge on any atom is 0.471 e. The minimum absolute atomic E-state index is 0.201. The molecule has 9 heteroatoms. The van der Waals surface area contributed by atoms with Gasteiger partial charge in [0.15, 0.2) is 12.4 Å². The van der Waals surface area contributed by atoms with Crippen LogP contribution >= 0.6 is 0 Å². The first-order valence-corrected chi connectivity index (χ1v) is 7.68. The zero-order valence-corrected chi connectivity index (χ0v) is 14.0. The van der Waals surface area contributed by atoms with Crippen LogP contribution in [0.3, 0.4) is 0 Å². The van der Waals surface area contributed by atoms with Crippen LogP contribution in [0.25, 0.3) is 11.4 Å². The van der Waals surface area contributed by atoms with Crippen LogP contribution in [0, 0.1) is 0 Å². The molecule has 140 valence electrons. The van der Waals surface area contributed by atoms with Gasteiger partial charge >= 0.3 is 12.1 Å². The number of nitrogens with zero attached hydrogens (tertiary/aromatic N) is 2. The van der Waals surface area contributed by atoms with Crippen molar-refractivity contribution in [2.75, 3.05) is 13.7 Å². The first-order chi connectivity index (χ1) is 12.9. The van der Waals surface area contributed by atoms with Crippen molar-refractivity contribution in [2.24, 2.45) is 0 Å². The van der Waals surface area contributed by atoms with E-state index in [0.29, 0.717) is 22.6 Å². The second-order valence-electron chi connectivity index (χ2n) is 5.39. The number of benzene rings is 2. The Labute approximate surface area is 151 Å². The van der Waals surface area contributed by atoms with E-state index in [2.05, 4.69) is 14.7 Å². The highest BCUT2D eigenvalue weighted by atomic mass is 19.4. The predicted molar refractivity (Wildman–Crippen MR) is 87.6 cm³/mol. The Morgan fingerprint density at radius 1 is 1.11 bits per heavy atom. The van der Waals surface area contributed by atoms with Gasteiger partial charge in [-0.3, -0.25) is 4.79 Å². The van der Waals surface area contributed by atoms with Gasteiger partial charge in [0, 0.05) is 17.2 Å².